The van der Waals surface area contributed by atoms with Crippen molar-refractivity contribution in [3.05, 3.63) is 34.1 Å². The monoisotopic (exact) mass is 291 g/mol. The molecule has 0 aromatic heterocycles. The van der Waals surface area contributed by atoms with Crippen LogP contribution in [-0.4, -0.2) is 29.0 Å². The van der Waals surface area contributed by atoms with Crippen LogP contribution in [0.4, 0.5) is 4.39 Å². The minimum absolute atomic E-state index is 0.181. The van der Waals surface area contributed by atoms with Gasteiger partial charge in [0.15, 0.2) is 0 Å². The Balaban J connectivity index is 2.67. The van der Waals surface area contributed by atoms with Crippen molar-refractivity contribution in [3.63, 3.8) is 0 Å². The SMILES string of the molecule is CC(CO)(CO)NCc1cc(F)cc(Br)c1. The van der Waals surface area contributed by atoms with Gasteiger partial charge in [-0.15, -0.1) is 0 Å². The van der Waals surface area contributed by atoms with E-state index in [1.165, 1.54) is 12.1 Å². The lowest BCUT2D eigenvalue weighted by Crippen LogP contribution is -2.48. The van der Waals surface area contributed by atoms with Crippen molar-refractivity contribution in [1.82, 2.24) is 5.32 Å². The largest absolute Gasteiger partial charge is 0.394 e. The number of aliphatic hydroxyl groups is 2. The van der Waals surface area contributed by atoms with Gasteiger partial charge in [-0.1, -0.05) is 15.9 Å². The van der Waals surface area contributed by atoms with Gasteiger partial charge in [-0.05, 0) is 30.7 Å². The second-order valence-corrected chi connectivity index (χ2v) is 4.92. The lowest BCUT2D eigenvalue weighted by Gasteiger charge is -2.26. The highest BCUT2D eigenvalue weighted by molar-refractivity contribution is 9.10. The third kappa shape index (κ3) is 3.83. The molecule has 1 aromatic rings. The fourth-order valence-electron chi connectivity index (χ4n) is 1.19. The molecule has 0 bridgehead atoms. The molecule has 0 amide bonds. The second-order valence-electron chi connectivity index (χ2n) is 4.01. The van der Waals surface area contributed by atoms with Crippen molar-refractivity contribution in [2.45, 2.75) is 19.0 Å². The van der Waals surface area contributed by atoms with E-state index >= 15 is 0 Å². The fourth-order valence-corrected chi connectivity index (χ4v) is 1.70. The highest BCUT2D eigenvalue weighted by Crippen LogP contribution is 2.15. The van der Waals surface area contributed by atoms with Crippen molar-refractivity contribution in [2.24, 2.45) is 0 Å². The molecule has 0 saturated heterocycles. The molecule has 0 aliphatic carbocycles. The summed E-state index contributed by atoms with van der Waals surface area (Å²) in [5.74, 6) is -0.319. The molecule has 0 atom stereocenters. The van der Waals surface area contributed by atoms with Crippen LogP contribution in [0.15, 0.2) is 22.7 Å². The molecular formula is C11H15BrFNO2. The van der Waals surface area contributed by atoms with Crippen LogP contribution in [0.2, 0.25) is 0 Å². The number of rotatable bonds is 5. The second kappa shape index (κ2) is 5.72. The molecule has 0 aliphatic rings. The third-order valence-electron chi connectivity index (χ3n) is 2.34. The highest BCUT2D eigenvalue weighted by atomic mass is 79.9. The van der Waals surface area contributed by atoms with E-state index in [2.05, 4.69) is 21.2 Å². The summed E-state index contributed by atoms with van der Waals surface area (Å²) in [7, 11) is 0. The van der Waals surface area contributed by atoms with Crippen LogP contribution in [0.25, 0.3) is 0 Å². The minimum Gasteiger partial charge on any atom is -0.394 e. The van der Waals surface area contributed by atoms with Crippen LogP contribution in [0.3, 0.4) is 0 Å². The molecule has 1 rings (SSSR count). The average Bonchev–Trinajstić information content (AvgIpc) is 2.25. The van der Waals surface area contributed by atoms with Crippen LogP contribution in [0, 0.1) is 5.82 Å². The molecular weight excluding hydrogens is 277 g/mol. The van der Waals surface area contributed by atoms with Crippen molar-refractivity contribution in [1.29, 1.82) is 0 Å². The van der Waals surface area contributed by atoms with Crippen molar-refractivity contribution >= 4 is 15.9 Å². The van der Waals surface area contributed by atoms with E-state index in [4.69, 9.17) is 10.2 Å². The van der Waals surface area contributed by atoms with Gasteiger partial charge in [0.2, 0.25) is 0 Å². The highest BCUT2D eigenvalue weighted by Gasteiger charge is 2.21. The summed E-state index contributed by atoms with van der Waals surface area (Å²) >= 11 is 3.20. The van der Waals surface area contributed by atoms with E-state index in [9.17, 15) is 4.39 Å². The first kappa shape index (κ1) is 13.6. The molecule has 1 aromatic carbocycles. The molecule has 0 fully saturated rings. The van der Waals surface area contributed by atoms with Crippen LogP contribution in [0.1, 0.15) is 12.5 Å². The molecule has 16 heavy (non-hydrogen) atoms. The van der Waals surface area contributed by atoms with E-state index in [1.54, 1.807) is 13.0 Å². The average molecular weight is 292 g/mol. The van der Waals surface area contributed by atoms with Crippen LogP contribution >= 0.6 is 15.9 Å². The summed E-state index contributed by atoms with van der Waals surface area (Å²) in [5.41, 5.74) is -0.00120. The lowest BCUT2D eigenvalue weighted by atomic mass is 10.0. The number of hydrogen-bond acceptors (Lipinski definition) is 3. The summed E-state index contributed by atoms with van der Waals surface area (Å²) in [6, 6.07) is 4.57. The zero-order valence-electron chi connectivity index (χ0n) is 9.00. The summed E-state index contributed by atoms with van der Waals surface area (Å²) in [6.45, 7) is 1.72. The molecule has 0 spiro atoms. The summed E-state index contributed by atoms with van der Waals surface area (Å²) in [6.07, 6.45) is 0. The maximum Gasteiger partial charge on any atom is 0.124 e. The van der Waals surface area contributed by atoms with Gasteiger partial charge < -0.3 is 15.5 Å². The predicted molar refractivity (Wildman–Crippen MR) is 63.5 cm³/mol. The van der Waals surface area contributed by atoms with Crippen LogP contribution in [0.5, 0.6) is 0 Å². The molecule has 0 heterocycles. The quantitative estimate of drug-likeness (QED) is 0.769. The number of aliphatic hydroxyl groups excluding tert-OH is 2. The van der Waals surface area contributed by atoms with Gasteiger partial charge in [-0.3, -0.25) is 0 Å². The maximum absolute atomic E-state index is 13.1. The van der Waals surface area contributed by atoms with Gasteiger partial charge in [0.1, 0.15) is 5.82 Å². The molecule has 0 unspecified atom stereocenters. The Labute approximate surface area is 102 Å². The molecule has 0 radical (unpaired) electrons. The first-order valence-electron chi connectivity index (χ1n) is 4.91. The van der Waals surface area contributed by atoms with Crippen molar-refractivity contribution in [3.8, 4) is 0 Å². The fraction of sp³-hybridized carbons (Fsp3) is 0.455. The standard InChI is InChI=1S/C11H15BrFNO2/c1-11(6-15,7-16)14-5-8-2-9(12)4-10(13)3-8/h2-4,14-16H,5-7H2,1H3. The summed E-state index contributed by atoms with van der Waals surface area (Å²) < 4.78 is 13.7. The molecule has 90 valence electrons. The molecule has 3 nitrogen and oxygen atoms in total. The lowest BCUT2D eigenvalue weighted by molar-refractivity contribution is 0.103. The topological polar surface area (TPSA) is 52.5 Å². The van der Waals surface area contributed by atoms with Crippen LogP contribution in [-0.2, 0) is 6.54 Å². The van der Waals surface area contributed by atoms with Gasteiger partial charge in [0.05, 0.1) is 18.8 Å². The molecule has 3 N–H and O–H groups in total. The molecule has 0 saturated carbocycles. The Hall–Kier alpha value is -0.490. The number of benzene rings is 1. The minimum atomic E-state index is -0.751. The van der Waals surface area contributed by atoms with E-state index in [1.807, 2.05) is 0 Å². The van der Waals surface area contributed by atoms with Gasteiger partial charge in [-0.25, -0.2) is 4.39 Å². The summed E-state index contributed by atoms with van der Waals surface area (Å²) in [4.78, 5) is 0. The van der Waals surface area contributed by atoms with Crippen LogP contribution < -0.4 is 5.32 Å². The number of nitrogens with one attached hydrogen (secondary N) is 1. The molecule has 0 aliphatic heterocycles. The third-order valence-corrected chi connectivity index (χ3v) is 2.80. The van der Waals surface area contributed by atoms with Gasteiger partial charge >= 0.3 is 0 Å². The number of halogens is 2. The zero-order chi connectivity index (χ0) is 12.2. The first-order valence-corrected chi connectivity index (χ1v) is 5.70. The predicted octanol–water partition coefficient (Wildman–Crippen LogP) is 1.42. The van der Waals surface area contributed by atoms with Crippen molar-refractivity contribution in [2.75, 3.05) is 13.2 Å². The Kier molecular flexibility index (Phi) is 4.86. The molecule has 5 heteroatoms. The Morgan fingerprint density at radius 2 is 1.94 bits per heavy atom. The van der Waals surface area contributed by atoms with Gasteiger partial charge in [-0.2, -0.15) is 0 Å². The van der Waals surface area contributed by atoms with Gasteiger partial charge in [0, 0.05) is 11.0 Å². The maximum atomic E-state index is 13.1. The van der Waals surface area contributed by atoms with Gasteiger partial charge in [0.25, 0.3) is 0 Å². The zero-order valence-corrected chi connectivity index (χ0v) is 10.6. The van der Waals surface area contributed by atoms with E-state index < -0.39 is 5.54 Å². The summed E-state index contributed by atoms with van der Waals surface area (Å²) in [5, 5.41) is 21.1. The van der Waals surface area contributed by atoms with E-state index in [0.29, 0.717) is 11.0 Å². The number of hydrogen-bond donors (Lipinski definition) is 3. The van der Waals surface area contributed by atoms with E-state index in [-0.39, 0.29) is 19.0 Å². The van der Waals surface area contributed by atoms with E-state index in [0.717, 1.165) is 5.56 Å². The Bertz CT molecular complexity index is 336. The first-order chi connectivity index (χ1) is 7.49. The normalized spacial score (nSPS) is 11.8. The Morgan fingerprint density at radius 1 is 1.31 bits per heavy atom. The Morgan fingerprint density at radius 3 is 2.44 bits per heavy atom. The van der Waals surface area contributed by atoms with Crippen molar-refractivity contribution < 1.29 is 14.6 Å². The smallest absolute Gasteiger partial charge is 0.124 e.